The Kier molecular flexibility index (Phi) is 3.57. The first-order valence-electron chi connectivity index (χ1n) is 5.56. The van der Waals surface area contributed by atoms with Gasteiger partial charge in [-0.2, -0.15) is 0 Å². The quantitative estimate of drug-likeness (QED) is 0.800. The maximum absolute atomic E-state index is 13.3. The number of benzene rings is 2. The fourth-order valence-corrected chi connectivity index (χ4v) is 2.19. The van der Waals surface area contributed by atoms with Gasteiger partial charge in [-0.15, -0.1) is 0 Å². The van der Waals surface area contributed by atoms with Crippen molar-refractivity contribution < 1.29 is 4.39 Å². The summed E-state index contributed by atoms with van der Waals surface area (Å²) in [4.78, 5) is 0. The largest absolute Gasteiger partial charge is 0.397 e. The SMILES string of the molecule is Cc1cc(Nc2ccc(Br)cc2C)c(N)cc1F. The van der Waals surface area contributed by atoms with Crippen LogP contribution in [-0.2, 0) is 0 Å². The van der Waals surface area contributed by atoms with Crippen molar-refractivity contribution in [3.8, 4) is 0 Å². The van der Waals surface area contributed by atoms with E-state index >= 15 is 0 Å². The molecule has 0 atom stereocenters. The highest BCUT2D eigenvalue weighted by atomic mass is 79.9. The third-order valence-corrected chi connectivity index (χ3v) is 3.28. The van der Waals surface area contributed by atoms with E-state index in [1.165, 1.54) is 6.07 Å². The van der Waals surface area contributed by atoms with Crippen molar-refractivity contribution in [2.45, 2.75) is 13.8 Å². The van der Waals surface area contributed by atoms with Gasteiger partial charge in [-0.05, 0) is 55.3 Å². The van der Waals surface area contributed by atoms with E-state index in [2.05, 4.69) is 21.2 Å². The van der Waals surface area contributed by atoms with E-state index in [1.54, 1.807) is 13.0 Å². The van der Waals surface area contributed by atoms with Gasteiger partial charge in [-0.3, -0.25) is 0 Å². The Labute approximate surface area is 114 Å². The highest BCUT2D eigenvalue weighted by molar-refractivity contribution is 9.10. The number of nitrogens with two attached hydrogens (primary N) is 1. The summed E-state index contributed by atoms with van der Waals surface area (Å²) < 4.78 is 14.3. The molecule has 3 N–H and O–H groups in total. The molecule has 0 aromatic heterocycles. The summed E-state index contributed by atoms with van der Waals surface area (Å²) in [6.07, 6.45) is 0. The van der Waals surface area contributed by atoms with E-state index in [4.69, 9.17) is 5.73 Å². The molecule has 0 saturated heterocycles. The zero-order valence-corrected chi connectivity index (χ0v) is 11.8. The van der Waals surface area contributed by atoms with Crippen LogP contribution in [0.4, 0.5) is 21.5 Å². The zero-order valence-electron chi connectivity index (χ0n) is 10.2. The van der Waals surface area contributed by atoms with Crippen LogP contribution in [0, 0.1) is 19.7 Å². The molecule has 18 heavy (non-hydrogen) atoms. The van der Waals surface area contributed by atoms with Gasteiger partial charge in [-0.25, -0.2) is 4.39 Å². The third kappa shape index (κ3) is 2.64. The van der Waals surface area contributed by atoms with E-state index < -0.39 is 0 Å². The minimum atomic E-state index is -0.287. The average Bonchev–Trinajstić information content (AvgIpc) is 2.29. The lowest BCUT2D eigenvalue weighted by atomic mass is 10.1. The van der Waals surface area contributed by atoms with Crippen LogP contribution in [0.5, 0.6) is 0 Å². The standard InChI is InChI=1S/C14H14BrFN2/c1-8-6-14(12(17)7-11(8)16)18-13-4-3-10(15)5-9(13)2/h3-7,18H,17H2,1-2H3. The lowest BCUT2D eigenvalue weighted by Gasteiger charge is -2.13. The molecule has 0 heterocycles. The maximum atomic E-state index is 13.3. The summed E-state index contributed by atoms with van der Waals surface area (Å²) in [6.45, 7) is 3.72. The highest BCUT2D eigenvalue weighted by Crippen LogP contribution is 2.28. The highest BCUT2D eigenvalue weighted by Gasteiger charge is 2.06. The second-order valence-corrected chi connectivity index (χ2v) is 5.19. The van der Waals surface area contributed by atoms with Crippen molar-refractivity contribution in [3.05, 3.63) is 51.7 Å². The van der Waals surface area contributed by atoms with Gasteiger partial charge in [0.05, 0.1) is 11.4 Å². The first-order chi connectivity index (χ1) is 8.47. The first-order valence-corrected chi connectivity index (χ1v) is 6.35. The van der Waals surface area contributed by atoms with Gasteiger partial charge >= 0.3 is 0 Å². The normalized spacial score (nSPS) is 10.4. The van der Waals surface area contributed by atoms with Crippen molar-refractivity contribution in [2.24, 2.45) is 0 Å². The molecule has 0 unspecified atom stereocenters. The van der Waals surface area contributed by atoms with E-state index in [0.717, 1.165) is 21.4 Å². The minimum Gasteiger partial charge on any atom is -0.397 e. The number of anilines is 3. The smallest absolute Gasteiger partial charge is 0.128 e. The van der Waals surface area contributed by atoms with Crippen molar-refractivity contribution in [1.29, 1.82) is 0 Å². The van der Waals surface area contributed by atoms with E-state index in [-0.39, 0.29) is 5.82 Å². The summed E-state index contributed by atoms with van der Waals surface area (Å²) in [5.41, 5.74) is 9.55. The molecule has 0 amide bonds. The Hall–Kier alpha value is -1.55. The van der Waals surface area contributed by atoms with Crippen LogP contribution in [0.25, 0.3) is 0 Å². The molecule has 0 saturated carbocycles. The lowest BCUT2D eigenvalue weighted by molar-refractivity contribution is 0.619. The molecule has 0 bridgehead atoms. The van der Waals surface area contributed by atoms with E-state index in [0.29, 0.717) is 11.3 Å². The molecule has 2 aromatic carbocycles. The molecule has 0 radical (unpaired) electrons. The summed E-state index contributed by atoms with van der Waals surface area (Å²) in [7, 11) is 0. The molecule has 4 heteroatoms. The molecule has 2 nitrogen and oxygen atoms in total. The number of nitrogens with one attached hydrogen (secondary N) is 1. The Morgan fingerprint density at radius 3 is 2.44 bits per heavy atom. The zero-order chi connectivity index (χ0) is 13.3. The number of hydrogen-bond donors (Lipinski definition) is 2. The van der Waals surface area contributed by atoms with Gasteiger partial charge < -0.3 is 11.1 Å². The fourth-order valence-electron chi connectivity index (χ4n) is 1.72. The molecular weight excluding hydrogens is 295 g/mol. The summed E-state index contributed by atoms with van der Waals surface area (Å²) in [5.74, 6) is -0.287. The second-order valence-electron chi connectivity index (χ2n) is 4.27. The van der Waals surface area contributed by atoms with Gasteiger partial charge in [0.1, 0.15) is 5.82 Å². The Morgan fingerprint density at radius 1 is 1.06 bits per heavy atom. The molecule has 2 rings (SSSR count). The monoisotopic (exact) mass is 308 g/mol. The predicted octanol–water partition coefficient (Wildman–Crippen LogP) is 4.53. The van der Waals surface area contributed by atoms with Gasteiger partial charge in [0.2, 0.25) is 0 Å². The molecule has 0 fully saturated rings. The molecule has 0 aliphatic carbocycles. The van der Waals surface area contributed by atoms with Crippen LogP contribution in [0.2, 0.25) is 0 Å². The number of nitrogen functional groups attached to an aromatic ring is 1. The van der Waals surface area contributed by atoms with Gasteiger partial charge in [0.15, 0.2) is 0 Å². The van der Waals surface area contributed by atoms with Crippen LogP contribution in [0.1, 0.15) is 11.1 Å². The van der Waals surface area contributed by atoms with Crippen LogP contribution < -0.4 is 11.1 Å². The summed E-state index contributed by atoms with van der Waals surface area (Å²) in [5, 5.41) is 3.22. The molecular formula is C14H14BrFN2. The van der Waals surface area contributed by atoms with Gasteiger partial charge in [-0.1, -0.05) is 15.9 Å². The Bertz CT molecular complexity index is 597. The minimum absolute atomic E-state index is 0.287. The number of halogens is 2. The summed E-state index contributed by atoms with van der Waals surface area (Å²) in [6, 6.07) is 8.96. The van der Waals surface area contributed by atoms with Crippen molar-refractivity contribution in [2.75, 3.05) is 11.1 Å². The topological polar surface area (TPSA) is 38.0 Å². The number of rotatable bonds is 2. The molecule has 0 aliphatic heterocycles. The van der Waals surface area contributed by atoms with Crippen molar-refractivity contribution >= 4 is 33.0 Å². The molecule has 0 spiro atoms. The molecule has 0 aliphatic rings. The molecule has 94 valence electrons. The Morgan fingerprint density at radius 2 is 1.78 bits per heavy atom. The maximum Gasteiger partial charge on any atom is 0.128 e. The van der Waals surface area contributed by atoms with Crippen molar-refractivity contribution in [1.82, 2.24) is 0 Å². The van der Waals surface area contributed by atoms with Gasteiger partial charge in [0.25, 0.3) is 0 Å². The number of hydrogen-bond acceptors (Lipinski definition) is 2. The van der Waals surface area contributed by atoms with E-state index in [1.807, 2.05) is 25.1 Å². The van der Waals surface area contributed by atoms with Crippen molar-refractivity contribution in [3.63, 3.8) is 0 Å². The van der Waals surface area contributed by atoms with Crippen LogP contribution in [0.15, 0.2) is 34.8 Å². The lowest BCUT2D eigenvalue weighted by Crippen LogP contribution is -1.99. The first kappa shape index (κ1) is 12.9. The number of aryl methyl sites for hydroxylation is 2. The van der Waals surface area contributed by atoms with Crippen LogP contribution in [-0.4, -0.2) is 0 Å². The predicted molar refractivity (Wildman–Crippen MR) is 77.7 cm³/mol. The average molecular weight is 309 g/mol. The van der Waals surface area contributed by atoms with Gasteiger partial charge in [0, 0.05) is 10.2 Å². The summed E-state index contributed by atoms with van der Waals surface area (Å²) >= 11 is 3.42. The Balaban J connectivity index is 2.37. The van der Waals surface area contributed by atoms with Crippen LogP contribution in [0.3, 0.4) is 0 Å². The van der Waals surface area contributed by atoms with E-state index in [9.17, 15) is 4.39 Å². The molecule has 2 aromatic rings. The third-order valence-electron chi connectivity index (χ3n) is 2.79. The fraction of sp³-hybridized carbons (Fsp3) is 0.143. The van der Waals surface area contributed by atoms with Crippen LogP contribution >= 0.6 is 15.9 Å². The second kappa shape index (κ2) is 4.98.